The molecule has 0 aliphatic heterocycles. The molecular formula is C15H15NO3. The molecule has 0 fully saturated rings. The molecule has 4 heteroatoms. The monoisotopic (exact) mass is 257 g/mol. The number of carbonyl (C=O) groups excluding carboxylic acids is 1. The van der Waals surface area contributed by atoms with Crippen LogP contribution in [0.25, 0.3) is 0 Å². The summed E-state index contributed by atoms with van der Waals surface area (Å²) in [6.07, 6.45) is 0. The molecule has 0 unspecified atom stereocenters. The van der Waals surface area contributed by atoms with E-state index >= 15 is 0 Å². The topological polar surface area (TPSA) is 61.5 Å². The summed E-state index contributed by atoms with van der Waals surface area (Å²) in [5, 5.41) is 0. The second kappa shape index (κ2) is 6.56. The van der Waals surface area contributed by atoms with Crippen molar-refractivity contribution in [3.05, 3.63) is 65.7 Å². The fraction of sp³-hybridized carbons (Fsp3) is 0.133. The number of benzene rings is 2. The number of hydrogen-bond acceptors (Lipinski definition) is 4. The van der Waals surface area contributed by atoms with Crippen molar-refractivity contribution in [2.75, 3.05) is 6.73 Å². The van der Waals surface area contributed by atoms with E-state index in [-0.39, 0.29) is 19.3 Å². The molecule has 0 aromatic heterocycles. The Bertz CT molecular complexity index is 523. The lowest BCUT2D eigenvalue weighted by molar-refractivity contribution is 0.0472. The van der Waals surface area contributed by atoms with Crippen molar-refractivity contribution < 1.29 is 14.3 Å². The Morgan fingerprint density at radius 2 is 1.68 bits per heavy atom. The van der Waals surface area contributed by atoms with Gasteiger partial charge in [-0.15, -0.1) is 0 Å². The molecule has 0 amide bonds. The van der Waals surface area contributed by atoms with Crippen LogP contribution in [-0.2, 0) is 11.3 Å². The fourth-order valence-corrected chi connectivity index (χ4v) is 1.59. The highest BCUT2D eigenvalue weighted by Crippen LogP contribution is 2.13. The molecule has 0 saturated heterocycles. The van der Waals surface area contributed by atoms with Crippen LogP contribution in [0.3, 0.4) is 0 Å². The summed E-state index contributed by atoms with van der Waals surface area (Å²) in [5.74, 6) is 0.269. The maximum absolute atomic E-state index is 11.8. The zero-order valence-electron chi connectivity index (χ0n) is 10.4. The minimum Gasteiger partial charge on any atom is -0.479 e. The van der Waals surface area contributed by atoms with Crippen LogP contribution >= 0.6 is 0 Å². The molecule has 2 rings (SSSR count). The minimum atomic E-state index is -0.358. The lowest BCUT2D eigenvalue weighted by Gasteiger charge is -2.06. The Morgan fingerprint density at radius 1 is 1.00 bits per heavy atom. The number of esters is 1. The van der Waals surface area contributed by atoms with Gasteiger partial charge >= 0.3 is 5.97 Å². The summed E-state index contributed by atoms with van der Waals surface area (Å²) >= 11 is 0. The second-order valence-corrected chi connectivity index (χ2v) is 3.90. The second-order valence-electron chi connectivity index (χ2n) is 3.90. The van der Waals surface area contributed by atoms with Crippen molar-refractivity contribution in [3.63, 3.8) is 0 Å². The highest BCUT2D eigenvalue weighted by molar-refractivity contribution is 5.89. The van der Waals surface area contributed by atoms with E-state index in [0.29, 0.717) is 11.3 Å². The van der Waals surface area contributed by atoms with Gasteiger partial charge in [-0.3, -0.25) is 5.73 Å². The summed E-state index contributed by atoms with van der Waals surface area (Å²) in [7, 11) is 0. The van der Waals surface area contributed by atoms with E-state index in [9.17, 15) is 4.79 Å². The molecule has 0 heterocycles. The molecule has 0 atom stereocenters. The summed E-state index contributed by atoms with van der Waals surface area (Å²) < 4.78 is 10.3. The van der Waals surface area contributed by atoms with Crippen LogP contribution in [0.2, 0.25) is 0 Å². The van der Waals surface area contributed by atoms with Gasteiger partial charge in [0.1, 0.15) is 19.1 Å². The van der Waals surface area contributed by atoms with Gasteiger partial charge in [-0.2, -0.15) is 0 Å². The van der Waals surface area contributed by atoms with Gasteiger partial charge in [0.2, 0.25) is 0 Å². The Balaban J connectivity index is 1.92. The Morgan fingerprint density at radius 3 is 2.32 bits per heavy atom. The third kappa shape index (κ3) is 3.82. The first-order chi connectivity index (χ1) is 9.29. The van der Waals surface area contributed by atoms with E-state index in [0.717, 1.165) is 5.56 Å². The molecule has 0 aliphatic rings. The molecule has 2 aromatic carbocycles. The molecule has 0 spiro atoms. The van der Waals surface area contributed by atoms with Crippen molar-refractivity contribution >= 4 is 5.97 Å². The molecule has 0 radical (unpaired) electrons. The average molecular weight is 257 g/mol. The molecule has 2 aromatic rings. The van der Waals surface area contributed by atoms with Gasteiger partial charge in [0.15, 0.2) is 0 Å². The van der Waals surface area contributed by atoms with Gasteiger partial charge in [-0.05, 0) is 29.8 Å². The first-order valence-electron chi connectivity index (χ1n) is 5.93. The molecule has 0 aliphatic carbocycles. The number of hydrogen-bond donors (Lipinski definition) is 1. The maximum Gasteiger partial charge on any atom is 0.338 e. The van der Waals surface area contributed by atoms with Crippen molar-refractivity contribution in [1.29, 1.82) is 0 Å². The summed E-state index contributed by atoms with van der Waals surface area (Å²) in [6, 6.07) is 16.2. The molecule has 19 heavy (non-hydrogen) atoms. The minimum absolute atomic E-state index is 0.109. The SMILES string of the molecule is NCOc1ccc(C(=O)OCc2ccccc2)cc1. The lowest BCUT2D eigenvalue weighted by Crippen LogP contribution is -2.08. The van der Waals surface area contributed by atoms with Gasteiger partial charge in [0.25, 0.3) is 0 Å². The highest BCUT2D eigenvalue weighted by Gasteiger charge is 2.07. The zero-order valence-corrected chi connectivity index (χ0v) is 10.4. The fourth-order valence-electron chi connectivity index (χ4n) is 1.59. The molecule has 2 N–H and O–H groups in total. The van der Waals surface area contributed by atoms with Gasteiger partial charge < -0.3 is 9.47 Å². The Hall–Kier alpha value is -2.33. The average Bonchev–Trinajstić information content (AvgIpc) is 2.47. The van der Waals surface area contributed by atoms with E-state index in [4.69, 9.17) is 15.2 Å². The van der Waals surface area contributed by atoms with Crippen molar-refractivity contribution in [1.82, 2.24) is 0 Å². The van der Waals surface area contributed by atoms with E-state index in [1.165, 1.54) is 0 Å². The van der Waals surface area contributed by atoms with Crippen LogP contribution in [0.1, 0.15) is 15.9 Å². The van der Waals surface area contributed by atoms with Crippen LogP contribution in [0.4, 0.5) is 0 Å². The van der Waals surface area contributed by atoms with Gasteiger partial charge in [-0.1, -0.05) is 30.3 Å². The first-order valence-corrected chi connectivity index (χ1v) is 5.93. The standard InChI is InChI=1S/C15H15NO3/c16-11-19-14-8-6-13(7-9-14)15(17)18-10-12-4-2-1-3-5-12/h1-9H,10-11,16H2. The summed E-state index contributed by atoms with van der Waals surface area (Å²) in [4.78, 5) is 11.8. The third-order valence-electron chi connectivity index (χ3n) is 2.55. The maximum atomic E-state index is 11.8. The lowest BCUT2D eigenvalue weighted by atomic mass is 10.2. The predicted octanol–water partition coefficient (Wildman–Crippen LogP) is 2.34. The van der Waals surface area contributed by atoms with E-state index in [1.54, 1.807) is 24.3 Å². The van der Waals surface area contributed by atoms with Crippen molar-refractivity contribution in [2.24, 2.45) is 5.73 Å². The normalized spacial score (nSPS) is 9.95. The third-order valence-corrected chi connectivity index (χ3v) is 2.55. The van der Waals surface area contributed by atoms with Crippen LogP contribution in [0.5, 0.6) is 5.75 Å². The van der Waals surface area contributed by atoms with Gasteiger partial charge in [0.05, 0.1) is 5.56 Å². The number of ether oxygens (including phenoxy) is 2. The van der Waals surface area contributed by atoms with E-state index < -0.39 is 0 Å². The van der Waals surface area contributed by atoms with Crippen molar-refractivity contribution in [2.45, 2.75) is 6.61 Å². The predicted molar refractivity (Wildman–Crippen MR) is 71.7 cm³/mol. The number of nitrogens with two attached hydrogens (primary N) is 1. The van der Waals surface area contributed by atoms with Crippen LogP contribution < -0.4 is 10.5 Å². The molecule has 98 valence electrons. The van der Waals surface area contributed by atoms with Crippen LogP contribution in [-0.4, -0.2) is 12.7 Å². The number of rotatable bonds is 5. The first kappa shape index (κ1) is 13.1. The summed E-state index contributed by atoms with van der Waals surface area (Å²) in [5.41, 5.74) is 6.70. The molecule has 4 nitrogen and oxygen atoms in total. The highest BCUT2D eigenvalue weighted by atomic mass is 16.5. The van der Waals surface area contributed by atoms with Crippen molar-refractivity contribution in [3.8, 4) is 5.75 Å². The quantitative estimate of drug-likeness (QED) is 0.659. The Labute approximate surface area is 111 Å². The van der Waals surface area contributed by atoms with Crippen LogP contribution in [0.15, 0.2) is 54.6 Å². The molecular weight excluding hydrogens is 242 g/mol. The molecule has 0 bridgehead atoms. The number of carbonyl (C=O) groups is 1. The van der Waals surface area contributed by atoms with E-state index in [1.807, 2.05) is 30.3 Å². The summed E-state index contributed by atoms with van der Waals surface area (Å²) in [6.45, 7) is 0.374. The Kier molecular flexibility index (Phi) is 4.53. The zero-order chi connectivity index (χ0) is 13.5. The van der Waals surface area contributed by atoms with E-state index in [2.05, 4.69) is 0 Å². The van der Waals surface area contributed by atoms with Gasteiger partial charge in [0, 0.05) is 0 Å². The smallest absolute Gasteiger partial charge is 0.338 e. The largest absolute Gasteiger partial charge is 0.479 e. The van der Waals surface area contributed by atoms with Crippen LogP contribution in [0, 0.1) is 0 Å². The van der Waals surface area contributed by atoms with Gasteiger partial charge in [-0.25, -0.2) is 4.79 Å². The molecule has 0 saturated carbocycles.